The third kappa shape index (κ3) is 3.77. The van der Waals surface area contributed by atoms with Crippen LogP contribution in [0.25, 0.3) is 0 Å². The lowest BCUT2D eigenvalue weighted by Crippen LogP contribution is -2.35. The monoisotopic (exact) mass is 369 g/mol. The molecule has 132 valence electrons. The Morgan fingerprint density at radius 2 is 1.74 bits per heavy atom. The Labute approximate surface area is 133 Å². The molecule has 2 aliphatic rings. The number of aliphatic hydroxyl groups is 1. The fraction of sp³-hybridized carbons (Fsp3) is 0.750. The molecule has 0 aromatic rings. The Hall–Kier alpha value is -0.530. The zero-order valence-electron chi connectivity index (χ0n) is 12.3. The topological polar surface area (TPSA) is 164 Å². The zero-order chi connectivity index (χ0) is 17.5. The van der Waals surface area contributed by atoms with E-state index < -0.39 is 26.7 Å². The summed E-state index contributed by atoms with van der Waals surface area (Å²) in [7, 11) is -10.9. The van der Waals surface area contributed by atoms with E-state index in [9.17, 15) is 19.0 Å². The number of carbonyl (C=O) groups is 1. The van der Waals surface area contributed by atoms with Gasteiger partial charge in [0.2, 0.25) is 5.91 Å². The predicted molar refractivity (Wildman–Crippen MR) is 80.1 cm³/mol. The van der Waals surface area contributed by atoms with Crippen LogP contribution >= 0.6 is 15.2 Å². The van der Waals surface area contributed by atoms with Gasteiger partial charge in [-0.1, -0.05) is 12.2 Å². The molecular formula is C12H21NO8P2. The number of carbonyl (C=O) groups excluding carboxylic acids is 1. The highest BCUT2D eigenvalue weighted by Crippen LogP contribution is 2.69. The minimum absolute atomic E-state index is 0.0290. The summed E-state index contributed by atoms with van der Waals surface area (Å²) in [5.74, 6) is 0.317. The predicted octanol–water partition coefficient (Wildman–Crippen LogP) is 0.0965. The molecule has 3 unspecified atom stereocenters. The smallest absolute Gasteiger partial charge is 0.368 e. The fourth-order valence-corrected chi connectivity index (χ4v) is 5.47. The first-order valence-electron chi connectivity index (χ1n) is 7.25. The van der Waals surface area contributed by atoms with Crippen LogP contribution in [0, 0.1) is 17.8 Å². The third-order valence-electron chi connectivity index (χ3n) is 4.54. The van der Waals surface area contributed by atoms with E-state index in [1.165, 1.54) is 0 Å². The quantitative estimate of drug-likeness (QED) is 0.209. The molecule has 2 aliphatic carbocycles. The second-order valence-corrected chi connectivity index (χ2v) is 10.2. The molecule has 0 heterocycles. The Morgan fingerprint density at radius 3 is 2.17 bits per heavy atom. The first kappa shape index (κ1) is 18.8. The largest absolute Gasteiger partial charge is 0.369 e. The Kier molecular flexibility index (Phi) is 5.24. The van der Waals surface area contributed by atoms with Gasteiger partial charge in [0.25, 0.3) is 5.08 Å². The summed E-state index contributed by atoms with van der Waals surface area (Å²) >= 11 is 0. The molecule has 0 aromatic carbocycles. The Morgan fingerprint density at radius 1 is 1.13 bits per heavy atom. The molecule has 0 radical (unpaired) electrons. The van der Waals surface area contributed by atoms with Crippen molar-refractivity contribution in [2.45, 2.75) is 30.8 Å². The molecule has 0 saturated heterocycles. The number of hydrogen-bond acceptors (Lipinski definition) is 4. The minimum atomic E-state index is -5.43. The lowest BCUT2D eigenvalue weighted by atomic mass is 9.93. The molecule has 2 bridgehead atoms. The van der Waals surface area contributed by atoms with Gasteiger partial charge in [0, 0.05) is 18.9 Å². The van der Waals surface area contributed by atoms with Crippen LogP contribution in [0.4, 0.5) is 0 Å². The van der Waals surface area contributed by atoms with Crippen molar-refractivity contribution in [3.05, 3.63) is 12.2 Å². The summed E-state index contributed by atoms with van der Waals surface area (Å²) in [6.07, 6.45) is 4.83. The third-order valence-corrected chi connectivity index (χ3v) is 8.41. The molecule has 1 saturated carbocycles. The van der Waals surface area contributed by atoms with E-state index in [1.54, 1.807) is 0 Å². The summed E-state index contributed by atoms with van der Waals surface area (Å²) in [5.41, 5.74) is 0. The second kappa shape index (κ2) is 6.41. The van der Waals surface area contributed by atoms with Gasteiger partial charge in [-0.05, 0) is 31.1 Å². The summed E-state index contributed by atoms with van der Waals surface area (Å²) in [6.45, 7) is -0.0290. The summed E-state index contributed by atoms with van der Waals surface area (Å²) in [4.78, 5) is 48.0. The second-order valence-electron chi connectivity index (χ2n) is 6.14. The molecule has 9 nitrogen and oxygen atoms in total. The number of hydrogen-bond donors (Lipinski definition) is 6. The average molecular weight is 369 g/mol. The SMILES string of the molecule is O=C(NCCCC(O)(P(=O)(O)O)P(=O)(O)O)C1CC2C=CC1C2. The van der Waals surface area contributed by atoms with Crippen molar-refractivity contribution >= 4 is 21.1 Å². The van der Waals surface area contributed by atoms with Crippen LogP contribution in [-0.4, -0.2) is 42.2 Å². The summed E-state index contributed by atoms with van der Waals surface area (Å²) in [6, 6.07) is 0. The van der Waals surface area contributed by atoms with Crippen molar-refractivity contribution in [1.29, 1.82) is 0 Å². The van der Waals surface area contributed by atoms with Crippen LogP contribution in [0.5, 0.6) is 0 Å². The molecule has 1 fully saturated rings. The van der Waals surface area contributed by atoms with Crippen LogP contribution in [0.15, 0.2) is 12.2 Å². The van der Waals surface area contributed by atoms with Crippen LogP contribution in [0.3, 0.4) is 0 Å². The first-order chi connectivity index (χ1) is 10.5. The van der Waals surface area contributed by atoms with Crippen molar-refractivity contribution in [3.63, 3.8) is 0 Å². The van der Waals surface area contributed by atoms with Gasteiger partial charge in [-0.25, -0.2) is 0 Å². The Balaban J connectivity index is 1.84. The number of allylic oxidation sites excluding steroid dienone is 2. The molecule has 0 aliphatic heterocycles. The van der Waals surface area contributed by atoms with Gasteiger partial charge in [-0.15, -0.1) is 0 Å². The van der Waals surface area contributed by atoms with Crippen LogP contribution in [-0.2, 0) is 13.9 Å². The highest BCUT2D eigenvalue weighted by molar-refractivity contribution is 7.72. The van der Waals surface area contributed by atoms with Gasteiger partial charge in [0.1, 0.15) is 0 Å². The molecule has 11 heteroatoms. The van der Waals surface area contributed by atoms with Gasteiger partial charge in [-0.2, -0.15) is 0 Å². The zero-order valence-corrected chi connectivity index (χ0v) is 14.1. The van der Waals surface area contributed by atoms with Crippen molar-refractivity contribution in [3.8, 4) is 0 Å². The van der Waals surface area contributed by atoms with E-state index in [0.717, 1.165) is 12.8 Å². The molecule has 23 heavy (non-hydrogen) atoms. The lowest BCUT2D eigenvalue weighted by Gasteiger charge is -2.29. The average Bonchev–Trinajstić information content (AvgIpc) is 3.02. The van der Waals surface area contributed by atoms with Gasteiger partial charge in [0.05, 0.1) is 0 Å². The number of fused-ring (bicyclic) bond motifs is 2. The molecule has 1 amide bonds. The highest BCUT2D eigenvalue weighted by atomic mass is 31.2. The maximum Gasteiger partial charge on any atom is 0.369 e. The minimum Gasteiger partial charge on any atom is -0.368 e. The highest BCUT2D eigenvalue weighted by Gasteiger charge is 2.58. The van der Waals surface area contributed by atoms with E-state index >= 15 is 0 Å². The fourth-order valence-electron chi connectivity index (χ4n) is 3.21. The van der Waals surface area contributed by atoms with Crippen molar-refractivity contribution in [2.75, 3.05) is 6.54 Å². The van der Waals surface area contributed by atoms with E-state index in [-0.39, 0.29) is 30.7 Å². The number of amides is 1. The molecule has 0 spiro atoms. The summed E-state index contributed by atoms with van der Waals surface area (Å²) < 4.78 is 22.4. The molecule has 6 N–H and O–H groups in total. The van der Waals surface area contributed by atoms with Crippen LogP contribution in [0.1, 0.15) is 25.7 Å². The molecular weight excluding hydrogens is 348 g/mol. The molecule has 2 rings (SSSR count). The van der Waals surface area contributed by atoms with Gasteiger partial charge in [0.15, 0.2) is 0 Å². The van der Waals surface area contributed by atoms with Gasteiger partial charge < -0.3 is 30.0 Å². The maximum atomic E-state index is 12.0. The van der Waals surface area contributed by atoms with Crippen LogP contribution in [0.2, 0.25) is 0 Å². The van der Waals surface area contributed by atoms with Crippen molar-refractivity contribution in [2.24, 2.45) is 17.8 Å². The van der Waals surface area contributed by atoms with E-state index in [0.29, 0.717) is 5.92 Å². The Bertz CT molecular complexity index is 572. The van der Waals surface area contributed by atoms with E-state index in [4.69, 9.17) is 19.6 Å². The van der Waals surface area contributed by atoms with E-state index in [2.05, 4.69) is 11.4 Å². The maximum absolute atomic E-state index is 12.0. The standard InChI is InChI=1S/C12H21NO8P2/c14-11(10-7-8-2-3-9(10)6-8)13-5-1-4-12(15,22(16,17)18)23(19,20)21/h2-3,8-10,15H,1,4-7H2,(H,13,14)(H2,16,17,18)(H2,19,20,21). The number of nitrogens with one attached hydrogen (secondary N) is 1. The van der Waals surface area contributed by atoms with Crippen molar-refractivity contribution in [1.82, 2.24) is 5.32 Å². The van der Waals surface area contributed by atoms with Crippen molar-refractivity contribution < 1.29 is 38.6 Å². The summed E-state index contributed by atoms with van der Waals surface area (Å²) in [5, 5.41) is 8.88. The number of rotatable bonds is 7. The van der Waals surface area contributed by atoms with Gasteiger partial charge >= 0.3 is 15.2 Å². The molecule has 3 atom stereocenters. The normalized spacial score (nSPS) is 27.4. The molecule has 0 aromatic heterocycles. The van der Waals surface area contributed by atoms with Gasteiger partial charge in [-0.3, -0.25) is 13.9 Å². The first-order valence-corrected chi connectivity index (χ1v) is 10.5. The lowest BCUT2D eigenvalue weighted by molar-refractivity contribution is -0.125. The van der Waals surface area contributed by atoms with Crippen LogP contribution < -0.4 is 5.32 Å². The van der Waals surface area contributed by atoms with E-state index in [1.807, 2.05) is 6.08 Å².